The van der Waals surface area contributed by atoms with Crippen molar-refractivity contribution in [2.75, 3.05) is 0 Å². The monoisotopic (exact) mass is 525 g/mol. The van der Waals surface area contributed by atoms with Crippen molar-refractivity contribution in [3.8, 4) is 0 Å². The number of sulfonamides is 1. The summed E-state index contributed by atoms with van der Waals surface area (Å²) in [6.07, 6.45) is 0. The second-order valence-corrected chi connectivity index (χ2v) is 12.7. The van der Waals surface area contributed by atoms with Gasteiger partial charge in [-0.1, -0.05) is 107 Å². The fourth-order valence-corrected chi connectivity index (χ4v) is 8.80. The van der Waals surface area contributed by atoms with Gasteiger partial charge in [-0.15, -0.1) is 0 Å². The minimum absolute atomic E-state index is 0.118. The highest BCUT2D eigenvalue weighted by Crippen LogP contribution is 2.56. The molecule has 0 aliphatic carbocycles. The van der Waals surface area contributed by atoms with Crippen LogP contribution in [0.4, 0.5) is 0 Å². The maximum atomic E-state index is 15.0. The molecule has 0 bridgehead atoms. The standard InChI is InChI=1S/C25H21BrNO3PS/c26-21-12-10-11-20(19-21)25(27-32(29,30)24-17-8-3-9-18-24)31(28,22-13-4-1-5-14-22)23-15-6-2-7-16-23/h1-19,25,27H. The van der Waals surface area contributed by atoms with Gasteiger partial charge < -0.3 is 4.57 Å². The molecule has 0 aliphatic rings. The smallest absolute Gasteiger partial charge is 0.241 e. The summed E-state index contributed by atoms with van der Waals surface area (Å²) >= 11 is 3.47. The Morgan fingerprint density at radius 1 is 0.688 bits per heavy atom. The van der Waals surface area contributed by atoms with Crippen molar-refractivity contribution < 1.29 is 13.0 Å². The molecule has 0 radical (unpaired) electrons. The Balaban J connectivity index is 1.96. The van der Waals surface area contributed by atoms with Crippen molar-refractivity contribution in [1.29, 1.82) is 0 Å². The van der Waals surface area contributed by atoms with E-state index in [0.29, 0.717) is 16.2 Å². The molecule has 4 aromatic rings. The summed E-state index contributed by atoms with van der Waals surface area (Å²) in [5, 5.41) is 1.15. The third-order valence-corrected chi connectivity index (χ3v) is 10.5. The molecule has 4 rings (SSSR count). The van der Waals surface area contributed by atoms with Gasteiger partial charge in [-0.25, -0.2) is 8.42 Å². The summed E-state index contributed by atoms with van der Waals surface area (Å²) in [6, 6.07) is 33.5. The second-order valence-electron chi connectivity index (χ2n) is 7.22. The predicted molar refractivity (Wildman–Crippen MR) is 133 cm³/mol. The van der Waals surface area contributed by atoms with E-state index in [-0.39, 0.29) is 4.90 Å². The lowest BCUT2D eigenvalue weighted by Crippen LogP contribution is -2.34. The van der Waals surface area contributed by atoms with Crippen molar-refractivity contribution in [1.82, 2.24) is 4.72 Å². The Bertz CT molecular complexity index is 1300. The van der Waals surface area contributed by atoms with E-state index in [1.165, 1.54) is 12.1 Å². The zero-order valence-electron chi connectivity index (χ0n) is 17.0. The molecule has 0 heterocycles. The third kappa shape index (κ3) is 4.64. The highest BCUT2D eigenvalue weighted by atomic mass is 79.9. The van der Waals surface area contributed by atoms with Crippen molar-refractivity contribution >= 4 is 43.7 Å². The molecule has 32 heavy (non-hydrogen) atoms. The third-order valence-electron chi connectivity index (χ3n) is 5.13. The molecule has 0 fully saturated rings. The van der Waals surface area contributed by atoms with Gasteiger partial charge >= 0.3 is 0 Å². The Kier molecular flexibility index (Phi) is 6.77. The first-order valence-electron chi connectivity index (χ1n) is 9.95. The van der Waals surface area contributed by atoms with E-state index in [9.17, 15) is 13.0 Å². The van der Waals surface area contributed by atoms with E-state index >= 15 is 0 Å². The van der Waals surface area contributed by atoms with Crippen LogP contribution in [-0.2, 0) is 14.6 Å². The summed E-state index contributed by atoms with van der Waals surface area (Å²) in [6.45, 7) is 0. The molecule has 0 amide bonds. The molecule has 0 saturated carbocycles. The number of rotatable bonds is 7. The average Bonchev–Trinajstić information content (AvgIpc) is 2.84. The van der Waals surface area contributed by atoms with Crippen molar-refractivity contribution in [2.24, 2.45) is 0 Å². The van der Waals surface area contributed by atoms with Crippen LogP contribution in [0, 0.1) is 0 Å². The average molecular weight is 526 g/mol. The quantitative estimate of drug-likeness (QED) is 0.327. The summed E-state index contributed by atoms with van der Waals surface area (Å²) in [5.41, 5.74) is 0.606. The van der Waals surface area contributed by atoms with E-state index in [0.717, 1.165) is 4.47 Å². The summed E-state index contributed by atoms with van der Waals surface area (Å²) in [7, 11) is -7.46. The summed E-state index contributed by atoms with van der Waals surface area (Å²) in [4.78, 5) is 0.118. The summed E-state index contributed by atoms with van der Waals surface area (Å²) < 4.78 is 45.3. The van der Waals surface area contributed by atoms with Gasteiger partial charge in [0.05, 0.1) is 4.90 Å². The van der Waals surface area contributed by atoms with E-state index in [1.807, 2.05) is 48.5 Å². The van der Waals surface area contributed by atoms with Crippen molar-refractivity contribution in [3.63, 3.8) is 0 Å². The molecule has 162 valence electrons. The zero-order valence-corrected chi connectivity index (χ0v) is 20.3. The van der Waals surface area contributed by atoms with Crippen LogP contribution in [0.5, 0.6) is 0 Å². The molecule has 7 heteroatoms. The van der Waals surface area contributed by atoms with Crippen LogP contribution < -0.4 is 15.3 Å². The molecule has 1 N–H and O–H groups in total. The number of halogens is 1. The van der Waals surface area contributed by atoms with E-state index in [1.54, 1.807) is 54.6 Å². The minimum Gasteiger partial charge on any atom is -0.312 e. The molecule has 0 spiro atoms. The van der Waals surface area contributed by atoms with E-state index in [2.05, 4.69) is 20.7 Å². The topological polar surface area (TPSA) is 63.2 Å². The van der Waals surface area contributed by atoms with Gasteiger partial charge in [-0.05, 0) is 29.8 Å². The maximum absolute atomic E-state index is 15.0. The predicted octanol–water partition coefficient (Wildman–Crippen LogP) is 5.44. The van der Waals surface area contributed by atoms with Gasteiger partial charge in [0.25, 0.3) is 0 Å². The number of benzene rings is 4. The van der Waals surface area contributed by atoms with Crippen LogP contribution in [-0.4, -0.2) is 8.42 Å². The number of hydrogen-bond donors (Lipinski definition) is 1. The van der Waals surface area contributed by atoms with Crippen LogP contribution in [0.25, 0.3) is 0 Å². The largest absolute Gasteiger partial charge is 0.312 e. The SMILES string of the molecule is O=P(c1ccccc1)(c1ccccc1)C(NS(=O)(=O)c1ccccc1)c1cccc(Br)c1. The van der Waals surface area contributed by atoms with E-state index in [4.69, 9.17) is 0 Å². The van der Waals surface area contributed by atoms with Gasteiger partial charge in [0, 0.05) is 15.1 Å². The maximum Gasteiger partial charge on any atom is 0.241 e. The fourth-order valence-electron chi connectivity index (χ4n) is 3.59. The molecule has 1 atom stereocenters. The first kappa shape index (κ1) is 22.7. The Morgan fingerprint density at radius 2 is 1.19 bits per heavy atom. The molecular formula is C25H21BrNO3PS. The lowest BCUT2D eigenvalue weighted by molar-refractivity contribution is 0.560. The molecule has 0 saturated heterocycles. The number of nitrogens with one attached hydrogen (secondary N) is 1. The Morgan fingerprint density at radius 3 is 1.69 bits per heavy atom. The van der Waals surface area contributed by atoms with Crippen LogP contribution in [0.2, 0.25) is 0 Å². The lowest BCUT2D eigenvalue weighted by Gasteiger charge is -2.30. The van der Waals surface area contributed by atoms with Crippen molar-refractivity contribution in [3.05, 3.63) is 125 Å². The molecule has 0 aromatic heterocycles. The van der Waals surface area contributed by atoms with Gasteiger partial charge in [-0.3, -0.25) is 0 Å². The van der Waals surface area contributed by atoms with Crippen LogP contribution in [0.15, 0.2) is 125 Å². The van der Waals surface area contributed by atoms with E-state index < -0.39 is 22.9 Å². The first-order chi connectivity index (χ1) is 15.4. The Hall–Kier alpha value is -2.50. The molecule has 1 unspecified atom stereocenters. The van der Waals surface area contributed by atoms with Gasteiger partial charge in [0.2, 0.25) is 10.0 Å². The highest BCUT2D eigenvalue weighted by molar-refractivity contribution is 9.10. The van der Waals surface area contributed by atoms with Crippen LogP contribution >= 0.6 is 23.1 Å². The number of hydrogen-bond acceptors (Lipinski definition) is 3. The first-order valence-corrected chi connectivity index (χ1v) is 14.0. The van der Waals surface area contributed by atoms with Gasteiger partial charge in [-0.2, -0.15) is 4.72 Å². The normalized spacial score (nSPS) is 12.9. The molecule has 0 aliphatic heterocycles. The minimum atomic E-state index is -3.96. The Labute approximate surface area is 196 Å². The van der Waals surface area contributed by atoms with Crippen LogP contribution in [0.1, 0.15) is 11.3 Å². The van der Waals surface area contributed by atoms with Gasteiger partial charge in [0.15, 0.2) is 7.14 Å². The molecule has 4 aromatic carbocycles. The molecule has 4 nitrogen and oxygen atoms in total. The van der Waals surface area contributed by atoms with Crippen molar-refractivity contribution in [2.45, 2.75) is 10.7 Å². The fraction of sp³-hybridized carbons (Fsp3) is 0.0400. The van der Waals surface area contributed by atoms with Crippen LogP contribution in [0.3, 0.4) is 0 Å². The zero-order chi connectivity index (χ0) is 22.6. The summed E-state index contributed by atoms with van der Waals surface area (Å²) in [5.74, 6) is -1.00. The highest BCUT2D eigenvalue weighted by Gasteiger charge is 2.40. The molecular weight excluding hydrogens is 505 g/mol. The van der Waals surface area contributed by atoms with Gasteiger partial charge in [0.1, 0.15) is 5.78 Å². The second kappa shape index (κ2) is 9.55. The lowest BCUT2D eigenvalue weighted by atomic mass is 10.2.